The van der Waals surface area contributed by atoms with E-state index < -0.39 is 0 Å². The van der Waals surface area contributed by atoms with Gasteiger partial charge in [0.25, 0.3) is 0 Å². The van der Waals surface area contributed by atoms with Crippen molar-refractivity contribution < 1.29 is 14.1 Å². The fourth-order valence-electron chi connectivity index (χ4n) is 3.05. The number of benzene rings is 3. The molecule has 0 bridgehead atoms. The van der Waals surface area contributed by atoms with Gasteiger partial charge in [0.15, 0.2) is 0 Å². The van der Waals surface area contributed by atoms with Crippen molar-refractivity contribution in [2.24, 2.45) is 0 Å². The summed E-state index contributed by atoms with van der Waals surface area (Å²) in [5, 5.41) is 6.79. The van der Waals surface area contributed by atoms with E-state index in [1.165, 1.54) is 0 Å². The van der Waals surface area contributed by atoms with E-state index in [0.29, 0.717) is 11.7 Å². The third-order valence-electron chi connectivity index (χ3n) is 4.68. The molecule has 6 nitrogen and oxygen atoms in total. The van der Waals surface area contributed by atoms with Crippen molar-refractivity contribution in [2.45, 2.75) is 13.0 Å². The Morgan fingerprint density at radius 2 is 1.57 bits per heavy atom. The molecule has 0 fully saturated rings. The van der Waals surface area contributed by atoms with Gasteiger partial charge in [0, 0.05) is 5.56 Å². The van der Waals surface area contributed by atoms with E-state index in [2.05, 4.69) is 27.6 Å². The molecule has 4 rings (SSSR count). The highest BCUT2D eigenvalue weighted by molar-refractivity contribution is 5.78. The van der Waals surface area contributed by atoms with Crippen LogP contribution in [0.4, 0.5) is 0 Å². The van der Waals surface area contributed by atoms with Gasteiger partial charge in [-0.25, -0.2) is 0 Å². The van der Waals surface area contributed by atoms with Crippen LogP contribution in [0, 0.1) is 0 Å². The highest BCUT2D eigenvalue weighted by atomic mass is 16.5. The summed E-state index contributed by atoms with van der Waals surface area (Å²) in [7, 11) is 1.61. The zero-order valence-corrected chi connectivity index (χ0v) is 16.5. The summed E-state index contributed by atoms with van der Waals surface area (Å²) in [5.41, 5.74) is 4.03. The van der Waals surface area contributed by atoms with Crippen LogP contribution in [0.2, 0.25) is 0 Å². The molecule has 0 aliphatic heterocycles. The number of hydrogen-bond donors (Lipinski definition) is 1. The second-order valence-electron chi connectivity index (χ2n) is 6.76. The third kappa shape index (κ3) is 4.72. The van der Waals surface area contributed by atoms with Gasteiger partial charge in [-0.15, -0.1) is 0 Å². The first kappa shape index (κ1) is 19.4. The maximum absolute atomic E-state index is 12.3. The Labute approximate surface area is 174 Å². The third-order valence-corrected chi connectivity index (χ3v) is 4.68. The molecule has 0 aliphatic rings. The quantitative estimate of drug-likeness (QED) is 0.502. The van der Waals surface area contributed by atoms with E-state index in [9.17, 15) is 4.79 Å². The van der Waals surface area contributed by atoms with Crippen LogP contribution in [0.15, 0.2) is 83.4 Å². The molecular weight excluding hydrogens is 378 g/mol. The minimum Gasteiger partial charge on any atom is -0.497 e. The van der Waals surface area contributed by atoms with Crippen LogP contribution in [0.25, 0.3) is 22.5 Å². The second-order valence-corrected chi connectivity index (χ2v) is 6.76. The molecular formula is C24H21N3O3. The lowest BCUT2D eigenvalue weighted by molar-refractivity contribution is -0.120. The molecule has 1 aromatic heterocycles. The van der Waals surface area contributed by atoms with Gasteiger partial charge in [-0.3, -0.25) is 4.79 Å². The second kappa shape index (κ2) is 9.05. The predicted molar refractivity (Wildman–Crippen MR) is 114 cm³/mol. The van der Waals surface area contributed by atoms with Gasteiger partial charge in [0.1, 0.15) is 5.75 Å². The number of nitrogens with one attached hydrogen (secondary N) is 1. The van der Waals surface area contributed by atoms with Gasteiger partial charge >= 0.3 is 0 Å². The number of ether oxygens (including phenoxy) is 1. The first-order valence-corrected chi connectivity index (χ1v) is 9.59. The molecule has 0 radical (unpaired) electrons. The van der Waals surface area contributed by atoms with Gasteiger partial charge in [-0.05, 0) is 41.0 Å². The topological polar surface area (TPSA) is 77.3 Å². The zero-order valence-electron chi connectivity index (χ0n) is 16.5. The Morgan fingerprint density at radius 3 is 2.27 bits per heavy atom. The van der Waals surface area contributed by atoms with Crippen molar-refractivity contribution in [1.82, 2.24) is 15.5 Å². The van der Waals surface area contributed by atoms with Gasteiger partial charge in [0.2, 0.25) is 17.6 Å². The van der Waals surface area contributed by atoms with Crippen molar-refractivity contribution in [1.29, 1.82) is 0 Å². The Hall–Kier alpha value is -3.93. The molecule has 1 heterocycles. The smallest absolute Gasteiger partial charge is 0.246 e. The fraction of sp³-hybridized carbons (Fsp3) is 0.125. The Kier molecular flexibility index (Phi) is 5.85. The lowest BCUT2D eigenvalue weighted by Gasteiger charge is -2.05. The summed E-state index contributed by atoms with van der Waals surface area (Å²) in [4.78, 5) is 16.6. The largest absolute Gasteiger partial charge is 0.497 e. The summed E-state index contributed by atoms with van der Waals surface area (Å²) >= 11 is 0. The minimum absolute atomic E-state index is 0.105. The molecule has 0 unspecified atom stereocenters. The summed E-state index contributed by atoms with van der Waals surface area (Å²) in [6.45, 7) is 0.185. The number of aromatic nitrogens is 2. The maximum atomic E-state index is 12.3. The van der Waals surface area contributed by atoms with Crippen molar-refractivity contribution in [3.63, 3.8) is 0 Å². The number of methoxy groups -OCH3 is 1. The average molecular weight is 399 g/mol. The number of nitrogens with zero attached hydrogens (tertiary/aromatic N) is 2. The molecule has 30 heavy (non-hydrogen) atoms. The van der Waals surface area contributed by atoms with E-state index in [1.807, 2.05) is 66.7 Å². The van der Waals surface area contributed by atoms with Crippen LogP contribution < -0.4 is 10.1 Å². The molecule has 0 saturated heterocycles. The van der Waals surface area contributed by atoms with Gasteiger partial charge < -0.3 is 14.6 Å². The molecule has 1 N–H and O–H groups in total. The SMILES string of the molecule is COc1ccc(-c2noc(CNC(=O)Cc3ccc(-c4ccccc4)cc3)n2)cc1. The van der Waals surface area contributed by atoms with Gasteiger partial charge in [-0.1, -0.05) is 59.8 Å². The van der Waals surface area contributed by atoms with E-state index in [0.717, 1.165) is 28.0 Å². The van der Waals surface area contributed by atoms with Gasteiger partial charge in [0.05, 0.1) is 20.1 Å². The average Bonchev–Trinajstić information content (AvgIpc) is 3.28. The Morgan fingerprint density at radius 1 is 0.900 bits per heavy atom. The van der Waals surface area contributed by atoms with Crippen LogP contribution in [-0.2, 0) is 17.8 Å². The van der Waals surface area contributed by atoms with E-state index in [1.54, 1.807) is 7.11 Å². The number of amides is 1. The summed E-state index contributed by atoms with van der Waals surface area (Å²) in [5.74, 6) is 1.48. The van der Waals surface area contributed by atoms with E-state index >= 15 is 0 Å². The lowest BCUT2D eigenvalue weighted by Crippen LogP contribution is -2.24. The highest BCUT2D eigenvalue weighted by Crippen LogP contribution is 2.20. The monoisotopic (exact) mass is 399 g/mol. The first-order chi connectivity index (χ1) is 14.7. The van der Waals surface area contributed by atoms with Crippen LogP contribution in [-0.4, -0.2) is 23.2 Å². The number of rotatable bonds is 7. The lowest BCUT2D eigenvalue weighted by atomic mass is 10.0. The number of carbonyl (C=O) groups is 1. The van der Waals surface area contributed by atoms with Crippen LogP contribution in [0.1, 0.15) is 11.5 Å². The maximum Gasteiger partial charge on any atom is 0.246 e. The molecule has 0 aliphatic carbocycles. The molecule has 6 heteroatoms. The molecule has 1 amide bonds. The molecule has 0 atom stereocenters. The molecule has 0 saturated carbocycles. The Bertz CT molecular complexity index is 1100. The Balaban J connectivity index is 1.31. The van der Waals surface area contributed by atoms with E-state index in [-0.39, 0.29) is 18.9 Å². The first-order valence-electron chi connectivity index (χ1n) is 9.59. The summed E-state index contributed by atoms with van der Waals surface area (Å²) in [6.07, 6.45) is 0.286. The van der Waals surface area contributed by atoms with Crippen molar-refractivity contribution in [2.75, 3.05) is 7.11 Å². The van der Waals surface area contributed by atoms with Crippen molar-refractivity contribution >= 4 is 5.91 Å². The van der Waals surface area contributed by atoms with Crippen molar-refractivity contribution in [3.8, 4) is 28.3 Å². The molecule has 0 spiro atoms. The number of hydrogen-bond acceptors (Lipinski definition) is 5. The highest BCUT2D eigenvalue weighted by Gasteiger charge is 2.11. The number of carbonyl (C=O) groups excluding carboxylic acids is 1. The van der Waals surface area contributed by atoms with Crippen molar-refractivity contribution in [3.05, 3.63) is 90.3 Å². The zero-order chi connectivity index (χ0) is 20.8. The predicted octanol–water partition coefficient (Wildman–Crippen LogP) is 4.27. The standard InChI is InChI=1S/C24H21N3O3/c1-29-21-13-11-20(12-14-21)24-26-23(30-27-24)16-25-22(28)15-17-7-9-19(10-8-17)18-5-3-2-4-6-18/h2-14H,15-16H2,1H3,(H,25,28). The minimum atomic E-state index is -0.105. The van der Waals surface area contributed by atoms with E-state index in [4.69, 9.17) is 9.26 Å². The molecule has 4 aromatic rings. The fourth-order valence-corrected chi connectivity index (χ4v) is 3.05. The van der Waals surface area contributed by atoms with Crippen LogP contribution in [0.3, 0.4) is 0 Å². The molecule has 3 aromatic carbocycles. The molecule has 150 valence electrons. The summed E-state index contributed by atoms with van der Waals surface area (Å²) < 4.78 is 10.4. The van der Waals surface area contributed by atoms with Crippen LogP contribution in [0.5, 0.6) is 5.75 Å². The summed E-state index contributed by atoms with van der Waals surface area (Å²) in [6, 6.07) is 25.5. The van der Waals surface area contributed by atoms with Gasteiger partial charge in [-0.2, -0.15) is 4.98 Å². The van der Waals surface area contributed by atoms with Crippen LogP contribution >= 0.6 is 0 Å². The normalized spacial score (nSPS) is 10.6.